The zero-order chi connectivity index (χ0) is 18.0. The van der Waals surface area contributed by atoms with Crippen molar-refractivity contribution in [2.45, 2.75) is 63.6 Å². The fraction of sp³-hybridized carbons (Fsp3) is 0.875. The number of carbonyl (C=O) groups is 1. The lowest BCUT2D eigenvalue weighted by atomic mass is 9.53. The van der Waals surface area contributed by atoms with Gasteiger partial charge in [-0.25, -0.2) is 4.79 Å². The Morgan fingerprint density at radius 1 is 1.21 bits per heavy atom. The van der Waals surface area contributed by atoms with Crippen molar-refractivity contribution in [2.75, 3.05) is 6.54 Å². The first-order valence-electron chi connectivity index (χ1n) is 8.52. The molecule has 24 heavy (non-hydrogen) atoms. The number of alkyl halides is 3. The van der Waals surface area contributed by atoms with Gasteiger partial charge in [-0.1, -0.05) is 6.92 Å². The quantitative estimate of drug-likeness (QED) is 0.540. The van der Waals surface area contributed by atoms with Gasteiger partial charge in [0.2, 0.25) is 0 Å². The minimum absolute atomic E-state index is 0.316. The molecule has 0 aliphatic heterocycles. The monoisotopic (exact) mass is 349 g/mol. The Morgan fingerprint density at radius 3 is 1.96 bits per heavy atom. The van der Waals surface area contributed by atoms with Gasteiger partial charge in [0.15, 0.2) is 5.96 Å². The molecule has 0 amide bonds. The predicted octanol–water partition coefficient (Wildman–Crippen LogP) is 2.90. The second-order valence-electron chi connectivity index (χ2n) is 7.39. The first kappa shape index (κ1) is 18.9. The fourth-order valence-electron chi connectivity index (χ4n) is 4.81. The highest BCUT2D eigenvalue weighted by Crippen LogP contribution is 2.55. The topological polar surface area (TPSA) is 87.7 Å². The van der Waals surface area contributed by atoms with Crippen molar-refractivity contribution in [3.63, 3.8) is 0 Å². The lowest BCUT2D eigenvalue weighted by Gasteiger charge is -2.57. The summed E-state index contributed by atoms with van der Waals surface area (Å²) in [6.45, 7) is 2.99. The van der Waals surface area contributed by atoms with E-state index >= 15 is 0 Å². The summed E-state index contributed by atoms with van der Waals surface area (Å²) in [5.41, 5.74) is 6.34. The number of aliphatic carboxylic acids is 1. The summed E-state index contributed by atoms with van der Waals surface area (Å²) in [5.74, 6) is 0.828. The fourth-order valence-corrected chi connectivity index (χ4v) is 4.81. The number of hydrogen-bond acceptors (Lipinski definition) is 2. The molecule has 0 aromatic carbocycles. The SMILES string of the molecule is CCCN=C(N)NC12CC3CC(CC(C3)C1)C2.O=C(O)C(F)(F)F. The Labute approximate surface area is 139 Å². The van der Waals surface area contributed by atoms with Crippen molar-refractivity contribution in [3.8, 4) is 0 Å². The zero-order valence-corrected chi connectivity index (χ0v) is 13.9. The molecule has 4 N–H and O–H groups in total. The number of halogens is 3. The number of rotatable bonds is 3. The van der Waals surface area contributed by atoms with E-state index in [1.165, 1.54) is 38.5 Å². The van der Waals surface area contributed by atoms with E-state index in [0.29, 0.717) is 11.5 Å². The maximum Gasteiger partial charge on any atom is 0.490 e. The maximum atomic E-state index is 10.6. The minimum atomic E-state index is -5.08. The standard InChI is InChI=1S/C14H25N3.C2HF3O2/c1-2-3-16-13(15)17-14-7-10-4-11(8-14)6-12(5-10)9-14;3-2(4,5)1(6)7/h10-12H,2-9H2,1H3,(H3,15,16,17);(H,6,7). The molecular formula is C16H26F3N3O2. The summed E-state index contributed by atoms with van der Waals surface area (Å²) in [6, 6.07) is 0. The van der Waals surface area contributed by atoms with Crippen molar-refractivity contribution in [3.05, 3.63) is 0 Å². The van der Waals surface area contributed by atoms with Gasteiger partial charge in [0.05, 0.1) is 0 Å². The lowest BCUT2D eigenvalue weighted by molar-refractivity contribution is -0.192. The third kappa shape index (κ3) is 4.77. The summed E-state index contributed by atoms with van der Waals surface area (Å²) in [6.07, 6.45) is 4.43. The van der Waals surface area contributed by atoms with Gasteiger partial charge in [0, 0.05) is 12.1 Å². The van der Waals surface area contributed by atoms with Gasteiger partial charge >= 0.3 is 12.1 Å². The number of carboxylic acid groups (broad SMARTS) is 1. The minimum Gasteiger partial charge on any atom is -0.475 e. The van der Waals surface area contributed by atoms with E-state index < -0.39 is 12.1 Å². The van der Waals surface area contributed by atoms with Crippen LogP contribution >= 0.6 is 0 Å². The van der Waals surface area contributed by atoms with Gasteiger partial charge in [0.1, 0.15) is 0 Å². The summed E-state index contributed by atoms with van der Waals surface area (Å²) < 4.78 is 31.7. The van der Waals surface area contributed by atoms with Gasteiger partial charge in [0.25, 0.3) is 0 Å². The predicted molar refractivity (Wildman–Crippen MR) is 84.5 cm³/mol. The molecule has 0 spiro atoms. The molecule has 0 atom stereocenters. The van der Waals surface area contributed by atoms with E-state index in [4.69, 9.17) is 15.6 Å². The number of hydrogen-bond donors (Lipinski definition) is 3. The van der Waals surface area contributed by atoms with Crippen LogP contribution in [0.1, 0.15) is 51.9 Å². The molecule has 0 unspecified atom stereocenters. The van der Waals surface area contributed by atoms with E-state index in [1.807, 2.05) is 0 Å². The van der Waals surface area contributed by atoms with E-state index in [-0.39, 0.29) is 0 Å². The van der Waals surface area contributed by atoms with E-state index in [0.717, 1.165) is 30.7 Å². The molecule has 4 aliphatic carbocycles. The van der Waals surface area contributed by atoms with Gasteiger partial charge in [-0.15, -0.1) is 0 Å². The number of carboxylic acids is 1. The third-order valence-corrected chi connectivity index (χ3v) is 5.18. The van der Waals surface area contributed by atoms with Crippen molar-refractivity contribution in [1.29, 1.82) is 0 Å². The third-order valence-electron chi connectivity index (χ3n) is 5.18. The Kier molecular flexibility index (Phi) is 5.65. The summed E-state index contributed by atoms with van der Waals surface area (Å²) in [5, 5.41) is 10.7. The lowest BCUT2D eigenvalue weighted by Crippen LogP contribution is -2.61. The molecule has 4 aliphatic rings. The molecule has 4 bridgehead atoms. The number of aliphatic imine (C=N–C) groups is 1. The highest BCUT2D eigenvalue weighted by atomic mass is 19.4. The molecule has 8 heteroatoms. The average molecular weight is 349 g/mol. The van der Waals surface area contributed by atoms with E-state index in [1.54, 1.807) is 0 Å². The summed E-state index contributed by atoms with van der Waals surface area (Å²) in [4.78, 5) is 13.3. The van der Waals surface area contributed by atoms with Crippen molar-refractivity contribution in [1.82, 2.24) is 5.32 Å². The Hall–Kier alpha value is -1.47. The van der Waals surface area contributed by atoms with Crippen LogP contribution in [0.5, 0.6) is 0 Å². The van der Waals surface area contributed by atoms with Crippen LogP contribution < -0.4 is 11.1 Å². The molecule has 4 fully saturated rings. The van der Waals surface area contributed by atoms with E-state index in [2.05, 4.69) is 17.2 Å². The Morgan fingerprint density at radius 2 is 1.62 bits per heavy atom. The zero-order valence-electron chi connectivity index (χ0n) is 13.9. The summed E-state index contributed by atoms with van der Waals surface area (Å²) in [7, 11) is 0. The van der Waals surface area contributed by atoms with Crippen LogP contribution in [0.15, 0.2) is 4.99 Å². The van der Waals surface area contributed by atoms with Gasteiger partial charge in [-0.05, 0) is 62.7 Å². The van der Waals surface area contributed by atoms with E-state index in [9.17, 15) is 13.2 Å². The molecule has 0 aromatic rings. The Bertz CT molecular complexity index is 456. The van der Waals surface area contributed by atoms with Crippen LogP contribution in [0.3, 0.4) is 0 Å². The van der Waals surface area contributed by atoms with Crippen LogP contribution in [-0.4, -0.2) is 35.3 Å². The van der Waals surface area contributed by atoms with Gasteiger partial charge in [-0.3, -0.25) is 4.99 Å². The molecule has 0 aromatic heterocycles. The first-order valence-corrected chi connectivity index (χ1v) is 8.52. The number of nitrogens with two attached hydrogens (primary N) is 1. The molecular weight excluding hydrogens is 323 g/mol. The highest BCUT2D eigenvalue weighted by Gasteiger charge is 2.51. The molecule has 138 valence electrons. The largest absolute Gasteiger partial charge is 0.490 e. The van der Waals surface area contributed by atoms with Crippen molar-refractivity contribution >= 4 is 11.9 Å². The highest BCUT2D eigenvalue weighted by molar-refractivity contribution is 5.78. The normalized spacial score (nSPS) is 34.5. The molecule has 0 radical (unpaired) electrons. The number of nitrogens with one attached hydrogen (secondary N) is 1. The Balaban J connectivity index is 0.000000256. The molecule has 5 nitrogen and oxygen atoms in total. The smallest absolute Gasteiger partial charge is 0.475 e. The van der Waals surface area contributed by atoms with Crippen molar-refractivity contribution in [2.24, 2.45) is 28.5 Å². The van der Waals surface area contributed by atoms with Crippen LogP contribution in [-0.2, 0) is 4.79 Å². The second-order valence-corrected chi connectivity index (χ2v) is 7.39. The molecule has 0 heterocycles. The molecule has 4 rings (SSSR count). The van der Waals surface area contributed by atoms with Crippen molar-refractivity contribution < 1.29 is 23.1 Å². The van der Waals surface area contributed by atoms with Crippen LogP contribution in [0.25, 0.3) is 0 Å². The number of guanidine groups is 1. The van der Waals surface area contributed by atoms with Crippen LogP contribution in [0, 0.1) is 17.8 Å². The van der Waals surface area contributed by atoms with Crippen LogP contribution in [0.4, 0.5) is 13.2 Å². The first-order chi connectivity index (χ1) is 11.1. The summed E-state index contributed by atoms with van der Waals surface area (Å²) >= 11 is 0. The second kappa shape index (κ2) is 7.19. The van der Waals surface area contributed by atoms with Crippen LogP contribution in [0.2, 0.25) is 0 Å². The molecule has 0 saturated heterocycles. The van der Waals surface area contributed by atoms with Gasteiger partial charge in [-0.2, -0.15) is 13.2 Å². The molecule has 4 saturated carbocycles. The van der Waals surface area contributed by atoms with Gasteiger partial charge < -0.3 is 16.2 Å². The maximum absolute atomic E-state index is 10.6. The average Bonchev–Trinajstić information content (AvgIpc) is 2.42. The number of nitrogens with zero attached hydrogens (tertiary/aromatic N) is 1.